The molecule has 4 aliphatic rings. The third-order valence-corrected chi connectivity index (χ3v) is 13.0. The predicted octanol–water partition coefficient (Wildman–Crippen LogP) is 7.91. The average Bonchev–Trinajstić information content (AvgIpc) is 3.66. The van der Waals surface area contributed by atoms with E-state index in [9.17, 15) is 19.5 Å². The molecule has 5 heterocycles. The Morgan fingerprint density at radius 2 is 1.66 bits per heavy atom. The van der Waals surface area contributed by atoms with Gasteiger partial charge in [-0.15, -0.1) is 11.3 Å². The lowest BCUT2D eigenvalue weighted by atomic mass is 9.88. The number of phenols is 1. The highest BCUT2D eigenvalue weighted by molar-refractivity contribution is 9.10. The summed E-state index contributed by atoms with van der Waals surface area (Å²) in [5.74, 6) is 2.21. The van der Waals surface area contributed by atoms with E-state index in [4.69, 9.17) is 4.74 Å². The van der Waals surface area contributed by atoms with E-state index in [0.717, 1.165) is 93.3 Å². The van der Waals surface area contributed by atoms with Gasteiger partial charge >= 0.3 is 0 Å². The number of halogens is 1. The summed E-state index contributed by atoms with van der Waals surface area (Å²) in [4.78, 5) is 44.7. The number of hydrogen-bond donors (Lipinski definition) is 2. The molecule has 53 heavy (non-hydrogen) atoms. The molecule has 0 bridgehead atoms. The number of carbonyl (C=O) groups excluding carboxylic acids is 3. The number of rotatable bonds is 8. The van der Waals surface area contributed by atoms with Crippen LogP contribution in [0.5, 0.6) is 17.2 Å². The maximum Gasteiger partial charge on any atom is 0.255 e. The first kappa shape index (κ1) is 34.1. The highest BCUT2D eigenvalue weighted by atomic mass is 79.9. The SMILES string of the molecule is O=C1CCC(N2Cc3cc(N4CC(CN5CCC(c6ccc(Oc7c(-c8ccc(Br)cc8)sc8cc(O)ccc78)cc6)CC5)C4)ccc3C2=O)C(=O)N1. The number of hydrogen-bond acceptors (Lipinski definition) is 8. The van der Waals surface area contributed by atoms with Crippen LogP contribution in [0.3, 0.4) is 0 Å². The number of phenolic OH excluding ortho intramolecular Hbond substituents is 1. The molecule has 9 rings (SSSR count). The largest absolute Gasteiger partial charge is 0.508 e. The third kappa shape index (κ3) is 6.70. The van der Waals surface area contributed by atoms with Crippen LogP contribution >= 0.6 is 27.3 Å². The molecule has 1 aromatic heterocycles. The molecule has 3 saturated heterocycles. The summed E-state index contributed by atoms with van der Waals surface area (Å²) in [6.45, 7) is 5.66. The second-order valence-electron chi connectivity index (χ2n) is 14.7. The van der Waals surface area contributed by atoms with Gasteiger partial charge in [0.1, 0.15) is 17.5 Å². The van der Waals surface area contributed by atoms with Crippen LogP contribution in [0.4, 0.5) is 5.69 Å². The minimum Gasteiger partial charge on any atom is -0.508 e. The van der Waals surface area contributed by atoms with E-state index in [2.05, 4.69) is 73.5 Å². The molecule has 4 aromatic carbocycles. The molecule has 3 amide bonds. The van der Waals surface area contributed by atoms with Gasteiger partial charge < -0.3 is 24.5 Å². The fraction of sp³-hybridized carbons (Fsp3) is 0.310. The smallest absolute Gasteiger partial charge is 0.255 e. The normalized spacial score (nSPS) is 19.8. The van der Waals surface area contributed by atoms with Gasteiger partial charge in [0, 0.05) is 64.3 Å². The number of likely N-dealkylation sites (tertiary alicyclic amines) is 1. The van der Waals surface area contributed by atoms with E-state index in [1.165, 1.54) is 5.56 Å². The number of carbonyl (C=O) groups is 3. The molecule has 0 spiro atoms. The number of nitrogens with zero attached hydrogens (tertiary/aromatic N) is 3. The molecule has 2 N–H and O–H groups in total. The Kier molecular flexibility index (Phi) is 8.96. The Hall–Kier alpha value is -4.71. The minimum absolute atomic E-state index is 0.129. The molecule has 5 aromatic rings. The number of thiophene rings is 1. The second-order valence-corrected chi connectivity index (χ2v) is 16.7. The zero-order valence-corrected chi connectivity index (χ0v) is 31.5. The van der Waals surface area contributed by atoms with E-state index in [1.54, 1.807) is 28.4 Å². The van der Waals surface area contributed by atoms with Crippen molar-refractivity contribution in [1.29, 1.82) is 0 Å². The molecule has 9 nitrogen and oxygen atoms in total. The predicted molar refractivity (Wildman–Crippen MR) is 210 cm³/mol. The van der Waals surface area contributed by atoms with Crippen molar-refractivity contribution in [3.63, 3.8) is 0 Å². The maximum atomic E-state index is 13.1. The fourth-order valence-electron chi connectivity index (χ4n) is 8.35. The number of nitrogens with one attached hydrogen (secondary N) is 1. The number of imide groups is 1. The molecule has 0 radical (unpaired) electrons. The van der Waals surface area contributed by atoms with Gasteiger partial charge in [0.25, 0.3) is 5.91 Å². The average molecular weight is 792 g/mol. The molecule has 270 valence electrons. The standard InChI is InChI=1S/C42H39BrN4O5S/c43-30-5-1-28(2-6-30)40-39(35-12-8-32(48)20-37(35)53-40)52-33-9-3-26(4-10-33)27-15-17-45(18-16-27)21-25-22-46(23-25)31-7-11-34-29(19-31)24-47(42(34)51)36-13-14-38(49)44-41(36)50/h1-12,19-20,25,27,36,48H,13-18,21-24H2,(H,44,49,50). The first-order valence-corrected chi connectivity index (χ1v) is 19.9. The molecular weight excluding hydrogens is 752 g/mol. The van der Waals surface area contributed by atoms with Crippen LogP contribution in [0.25, 0.3) is 20.5 Å². The Labute approximate surface area is 320 Å². The fourth-order valence-corrected chi connectivity index (χ4v) is 9.78. The summed E-state index contributed by atoms with van der Waals surface area (Å²) >= 11 is 5.16. The Morgan fingerprint density at radius 1 is 0.887 bits per heavy atom. The lowest BCUT2D eigenvalue weighted by Crippen LogP contribution is -2.52. The van der Waals surface area contributed by atoms with Crippen molar-refractivity contribution in [3.8, 4) is 27.7 Å². The first-order valence-electron chi connectivity index (χ1n) is 18.3. The topological polar surface area (TPSA) is 102 Å². The van der Waals surface area contributed by atoms with E-state index in [1.807, 2.05) is 30.3 Å². The number of amides is 3. The van der Waals surface area contributed by atoms with Crippen LogP contribution in [-0.4, -0.2) is 71.4 Å². The first-order chi connectivity index (χ1) is 25.8. The highest BCUT2D eigenvalue weighted by Crippen LogP contribution is 2.47. The Bertz CT molecular complexity index is 2230. The van der Waals surface area contributed by atoms with Gasteiger partial charge in [-0.2, -0.15) is 0 Å². The van der Waals surface area contributed by atoms with Crippen molar-refractivity contribution in [2.75, 3.05) is 37.6 Å². The zero-order valence-electron chi connectivity index (χ0n) is 29.1. The van der Waals surface area contributed by atoms with E-state index in [-0.39, 0.29) is 29.9 Å². The van der Waals surface area contributed by atoms with Gasteiger partial charge in [-0.1, -0.05) is 40.2 Å². The lowest BCUT2D eigenvalue weighted by Gasteiger charge is -2.44. The van der Waals surface area contributed by atoms with Gasteiger partial charge in [0.05, 0.1) is 4.88 Å². The summed E-state index contributed by atoms with van der Waals surface area (Å²) in [6.07, 6.45) is 2.90. The van der Waals surface area contributed by atoms with Crippen LogP contribution in [0, 0.1) is 5.92 Å². The van der Waals surface area contributed by atoms with E-state index >= 15 is 0 Å². The molecular formula is C42H39BrN4O5S. The Morgan fingerprint density at radius 3 is 2.42 bits per heavy atom. The van der Waals surface area contributed by atoms with Gasteiger partial charge in [0.2, 0.25) is 11.8 Å². The minimum atomic E-state index is -0.589. The van der Waals surface area contributed by atoms with Gasteiger partial charge in [-0.05, 0) is 116 Å². The van der Waals surface area contributed by atoms with Gasteiger partial charge in [-0.25, -0.2) is 0 Å². The summed E-state index contributed by atoms with van der Waals surface area (Å²) < 4.78 is 8.58. The molecule has 11 heteroatoms. The zero-order chi connectivity index (χ0) is 36.2. The van der Waals surface area contributed by atoms with Crippen molar-refractivity contribution in [2.45, 2.75) is 44.2 Å². The highest BCUT2D eigenvalue weighted by Gasteiger charge is 2.40. The third-order valence-electron chi connectivity index (χ3n) is 11.2. The Balaban J connectivity index is 0.777. The maximum absolute atomic E-state index is 13.1. The number of fused-ring (bicyclic) bond motifs is 2. The molecule has 4 aliphatic heterocycles. The van der Waals surface area contributed by atoms with E-state index in [0.29, 0.717) is 30.4 Å². The summed E-state index contributed by atoms with van der Waals surface area (Å²) in [5, 5.41) is 13.5. The van der Waals surface area contributed by atoms with Gasteiger partial charge in [-0.3, -0.25) is 19.7 Å². The number of benzene rings is 4. The van der Waals surface area contributed by atoms with Crippen LogP contribution in [0.1, 0.15) is 53.1 Å². The summed E-state index contributed by atoms with van der Waals surface area (Å²) in [5.41, 5.74) is 5.16. The summed E-state index contributed by atoms with van der Waals surface area (Å²) in [6, 6.07) is 27.7. The number of piperidine rings is 2. The second kappa shape index (κ2) is 13.9. The molecule has 3 fully saturated rings. The summed E-state index contributed by atoms with van der Waals surface area (Å²) in [7, 11) is 0. The quantitative estimate of drug-likeness (QED) is 0.154. The van der Waals surface area contributed by atoms with Crippen molar-refractivity contribution >= 4 is 60.8 Å². The van der Waals surface area contributed by atoms with E-state index < -0.39 is 6.04 Å². The molecule has 0 saturated carbocycles. The van der Waals surface area contributed by atoms with Crippen molar-refractivity contribution < 1.29 is 24.2 Å². The van der Waals surface area contributed by atoms with Crippen molar-refractivity contribution in [1.82, 2.24) is 15.1 Å². The van der Waals surface area contributed by atoms with Gasteiger partial charge in [0.15, 0.2) is 5.75 Å². The molecule has 0 aliphatic carbocycles. The van der Waals surface area contributed by atoms with Crippen molar-refractivity contribution in [2.24, 2.45) is 5.92 Å². The van der Waals surface area contributed by atoms with Crippen LogP contribution in [0.2, 0.25) is 0 Å². The van der Waals surface area contributed by atoms with Crippen molar-refractivity contribution in [3.05, 3.63) is 106 Å². The monoisotopic (exact) mass is 790 g/mol. The number of aromatic hydroxyl groups is 1. The lowest BCUT2D eigenvalue weighted by molar-refractivity contribution is -0.136. The number of ether oxygens (including phenoxy) is 1. The number of anilines is 1. The molecule has 1 atom stereocenters. The van der Waals surface area contributed by atoms with Crippen LogP contribution in [-0.2, 0) is 16.1 Å². The van der Waals surface area contributed by atoms with Crippen LogP contribution in [0.15, 0.2) is 89.4 Å². The molecule has 1 unspecified atom stereocenters. The van der Waals surface area contributed by atoms with Crippen LogP contribution < -0.4 is 15.0 Å².